The molecule has 0 aliphatic carbocycles. The van der Waals surface area contributed by atoms with Crippen LogP contribution in [-0.4, -0.2) is 27.0 Å². The number of carbonyl (C=O) groups is 1. The molecule has 0 spiro atoms. The number of carbonyl (C=O) groups excluding carboxylic acids is 1. The van der Waals surface area contributed by atoms with Crippen molar-refractivity contribution in [1.29, 1.82) is 0 Å². The van der Waals surface area contributed by atoms with E-state index in [4.69, 9.17) is 4.74 Å². The Balaban J connectivity index is 1.44. The molecule has 1 atom stereocenters. The minimum atomic E-state index is -0.647. The van der Waals surface area contributed by atoms with Crippen molar-refractivity contribution in [3.05, 3.63) is 79.3 Å². The number of rotatable bonds is 5. The highest BCUT2D eigenvalue weighted by Crippen LogP contribution is 2.22. The Hall–Kier alpha value is -3.80. The van der Waals surface area contributed by atoms with E-state index in [1.807, 2.05) is 48.5 Å². The summed E-state index contributed by atoms with van der Waals surface area (Å²) in [6.45, 7) is 1.70. The number of nitrogens with one attached hydrogen (secondary N) is 1. The summed E-state index contributed by atoms with van der Waals surface area (Å²) in [5.74, 6) is 0.365. The fraction of sp³-hybridized carbons (Fsp3) is 0.0909. The van der Waals surface area contributed by atoms with Gasteiger partial charge in [0, 0.05) is 11.8 Å². The van der Waals surface area contributed by atoms with Gasteiger partial charge in [0.15, 0.2) is 6.10 Å². The Labute approximate surface area is 162 Å². The van der Waals surface area contributed by atoms with E-state index in [0.29, 0.717) is 11.4 Å². The summed E-state index contributed by atoms with van der Waals surface area (Å²) in [5.41, 5.74) is 4.06. The molecule has 0 saturated carbocycles. The van der Waals surface area contributed by atoms with E-state index in [0.717, 1.165) is 22.3 Å². The van der Waals surface area contributed by atoms with Gasteiger partial charge in [-0.1, -0.05) is 12.1 Å². The average molecular weight is 370 g/mol. The van der Waals surface area contributed by atoms with Gasteiger partial charge in [0.05, 0.1) is 34.8 Å². The second-order valence-corrected chi connectivity index (χ2v) is 6.26. The third-order valence-corrected chi connectivity index (χ3v) is 4.21. The smallest absolute Gasteiger partial charge is 0.265 e. The van der Waals surface area contributed by atoms with Crippen LogP contribution in [0, 0.1) is 0 Å². The maximum atomic E-state index is 12.2. The molecular weight excluding hydrogens is 352 g/mol. The third-order valence-electron chi connectivity index (χ3n) is 4.21. The first kappa shape index (κ1) is 17.6. The molecule has 1 N–H and O–H groups in total. The predicted octanol–water partition coefficient (Wildman–Crippen LogP) is 4.10. The first-order valence-electron chi connectivity index (χ1n) is 8.89. The zero-order chi connectivity index (χ0) is 19.3. The normalized spacial score (nSPS) is 11.8. The highest BCUT2D eigenvalue weighted by molar-refractivity contribution is 5.93. The standard InChI is InChI=1S/C22H18N4O2/c1-15(22(27)25-17-5-4-12-23-13-17)28-18-10-8-16(9-11-18)21-14-24-19-6-2-3-7-20(19)26-21/h2-15H,1H3,(H,25,27)/t15-/m1/s1. The summed E-state index contributed by atoms with van der Waals surface area (Å²) in [6, 6.07) is 18.7. The van der Waals surface area contributed by atoms with Crippen molar-refractivity contribution >= 4 is 22.6 Å². The zero-order valence-corrected chi connectivity index (χ0v) is 15.2. The average Bonchev–Trinajstić information content (AvgIpc) is 2.74. The zero-order valence-electron chi connectivity index (χ0n) is 15.2. The van der Waals surface area contributed by atoms with Crippen molar-refractivity contribution < 1.29 is 9.53 Å². The van der Waals surface area contributed by atoms with Crippen LogP contribution < -0.4 is 10.1 Å². The van der Waals surface area contributed by atoms with Gasteiger partial charge in [-0.05, 0) is 55.5 Å². The Kier molecular flexibility index (Phi) is 4.93. The van der Waals surface area contributed by atoms with Gasteiger partial charge in [0.25, 0.3) is 5.91 Å². The molecule has 2 aromatic heterocycles. The summed E-state index contributed by atoms with van der Waals surface area (Å²) in [6.07, 6.45) is 4.34. The number of amides is 1. The summed E-state index contributed by atoms with van der Waals surface area (Å²) in [4.78, 5) is 25.3. The Morgan fingerprint density at radius 1 is 0.964 bits per heavy atom. The van der Waals surface area contributed by atoms with E-state index in [2.05, 4.69) is 20.3 Å². The van der Waals surface area contributed by atoms with Crippen LogP contribution in [0.25, 0.3) is 22.3 Å². The van der Waals surface area contributed by atoms with Crippen LogP contribution in [0.1, 0.15) is 6.92 Å². The van der Waals surface area contributed by atoms with Gasteiger partial charge >= 0.3 is 0 Å². The van der Waals surface area contributed by atoms with Crippen molar-refractivity contribution in [2.75, 3.05) is 5.32 Å². The quantitative estimate of drug-likeness (QED) is 0.572. The molecular formula is C22H18N4O2. The molecule has 0 fully saturated rings. The van der Waals surface area contributed by atoms with Gasteiger partial charge in [-0.3, -0.25) is 14.8 Å². The molecule has 6 nitrogen and oxygen atoms in total. The molecule has 138 valence electrons. The summed E-state index contributed by atoms with van der Waals surface area (Å²) in [7, 11) is 0. The van der Waals surface area contributed by atoms with E-state index < -0.39 is 6.10 Å². The van der Waals surface area contributed by atoms with Crippen LogP contribution >= 0.6 is 0 Å². The Bertz CT molecular complexity index is 1100. The number of ether oxygens (including phenoxy) is 1. The second kappa shape index (κ2) is 7.84. The highest BCUT2D eigenvalue weighted by atomic mass is 16.5. The molecule has 0 radical (unpaired) electrons. The van der Waals surface area contributed by atoms with Crippen LogP contribution in [-0.2, 0) is 4.79 Å². The lowest BCUT2D eigenvalue weighted by molar-refractivity contribution is -0.122. The maximum absolute atomic E-state index is 12.2. The van der Waals surface area contributed by atoms with Gasteiger partial charge in [-0.2, -0.15) is 0 Å². The highest BCUT2D eigenvalue weighted by Gasteiger charge is 2.15. The molecule has 4 rings (SSSR count). The van der Waals surface area contributed by atoms with E-state index in [9.17, 15) is 4.79 Å². The van der Waals surface area contributed by atoms with Crippen molar-refractivity contribution in [1.82, 2.24) is 15.0 Å². The van der Waals surface area contributed by atoms with E-state index in [1.165, 1.54) is 0 Å². The van der Waals surface area contributed by atoms with Gasteiger partial charge in [-0.25, -0.2) is 4.98 Å². The van der Waals surface area contributed by atoms with Gasteiger partial charge in [0.1, 0.15) is 5.75 Å². The third kappa shape index (κ3) is 3.96. The summed E-state index contributed by atoms with van der Waals surface area (Å²) >= 11 is 0. The second-order valence-electron chi connectivity index (χ2n) is 6.26. The van der Waals surface area contributed by atoms with Gasteiger partial charge in [0.2, 0.25) is 0 Å². The molecule has 2 heterocycles. The number of fused-ring (bicyclic) bond motifs is 1. The molecule has 0 aliphatic rings. The maximum Gasteiger partial charge on any atom is 0.265 e. The number of aromatic nitrogens is 3. The molecule has 1 amide bonds. The molecule has 4 aromatic rings. The van der Waals surface area contributed by atoms with Crippen molar-refractivity contribution in [2.24, 2.45) is 0 Å². The Morgan fingerprint density at radius 3 is 2.50 bits per heavy atom. The van der Waals surface area contributed by atoms with Crippen molar-refractivity contribution in [3.8, 4) is 17.0 Å². The summed E-state index contributed by atoms with van der Waals surface area (Å²) in [5, 5.41) is 2.77. The Morgan fingerprint density at radius 2 is 1.75 bits per heavy atom. The van der Waals surface area contributed by atoms with E-state index >= 15 is 0 Å². The first-order chi connectivity index (χ1) is 13.7. The van der Waals surface area contributed by atoms with Gasteiger partial charge < -0.3 is 10.1 Å². The number of hydrogen-bond acceptors (Lipinski definition) is 5. The van der Waals surface area contributed by atoms with Crippen molar-refractivity contribution in [3.63, 3.8) is 0 Å². The van der Waals surface area contributed by atoms with Crippen LogP contribution in [0.15, 0.2) is 79.3 Å². The van der Waals surface area contributed by atoms with Crippen molar-refractivity contribution in [2.45, 2.75) is 13.0 Å². The van der Waals surface area contributed by atoms with Crippen LogP contribution in [0.2, 0.25) is 0 Å². The lowest BCUT2D eigenvalue weighted by atomic mass is 10.1. The molecule has 28 heavy (non-hydrogen) atoms. The van der Waals surface area contributed by atoms with Gasteiger partial charge in [-0.15, -0.1) is 0 Å². The molecule has 6 heteroatoms. The number of hydrogen-bond donors (Lipinski definition) is 1. The molecule has 2 aromatic carbocycles. The van der Waals surface area contributed by atoms with Crippen LogP contribution in [0.4, 0.5) is 5.69 Å². The number of para-hydroxylation sites is 2. The number of pyridine rings is 1. The SMILES string of the molecule is C[C@@H](Oc1ccc(-c2cnc3ccccc3n2)cc1)C(=O)Nc1cccnc1. The van der Waals surface area contributed by atoms with E-state index in [1.54, 1.807) is 37.6 Å². The largest absolute Gasteiger partial charge is 0.481 e. The van der Waals surface area contributed by atoms with E-state index in [-0.39, 0.29) is 5.91 Å². The number of benzene rings is 2. The minimum absolute atomic E-state index is 0.238. The lowest BCUT2D eigenvalue weighted by Gasteiger charge is -2.15. The molecule has 0 bridgehead atoms. The fourth-order valence-corrected chi connectivity index (χ4v) is 2.74. The lowest BCUT2D eigenvalue weighted by Crippen LogP contribution is -2.30. The summed E-state index contributed by atoms with van der Waals surface area (Å²) < 4.78 is 5.74. The molecule has 0 unspecified atom stereocenters. The topological polar surface area (TPSA) is 77.0 Å². The van der Waals surface area contributed by atoms with Crippen LogP contribution in [0.3, 0.4) is 0 Å². The number of anilines is 1. The molecule has 0 saturated heterocycles. The minimum Gasteiger partial charge on any atom is -0.481 e. The predicted molar refractivity (Wildman–Crippen MR) is 108 cm³/mol. The van der Waals surface area contributed by atoms with Crippen LogP contribution in [0.5, 0.6) is 5.75 Å². The monoisotopic (exact) mass is 370 g/mol. The molecule has 0 aliphatic heterocycles. The first-order valence-corrected chi connectivity index (χ1v) is 8.89. The fourth-order valence-electron chi connectivity index (χ4n) is 2.74. The number of nitrogens with zero attached hydrogens (tertiary/aromatic N) is 3.